The molecule has 0 amide bonds. The van der Waals surface area contributed by atoms with Crippen molar-refractivity contribution >= 4 is 5.97 Å². The van der Waals surface area contributed by atoms with Crippen molar-refractivity contribution in [1.29, 1.82) is 0 Å². The molecule has 112 valence electrons. The number of carboxylic acid groups (broad SMARTS) is 1. The predicted octanol–water partition coefficient (Wildman–Crippen LogP) is 2.31. The molecule has 0 saturated carbocycles. The fourth-order valence-corrected chi connectivity index (χ4v) is 2.35. The first kappa shape index (κ1) is 16.4. The SMILES string of the molecule is Cc1nc(=O)n(CCCC(C)C)c(C)c1CCC(=O)O. The summed E-state index contributed by atoms with van der Waals surface area (Å²) >= 11 is 0. The number of hydrogen-bond acceptors (Lipinski definition) is 3. The smallest absolute Gasteiger partial charge is 0.347 e. The Morgan fingerprint density at radius 2 is 2.00 bits per heavy atom. The van der Waals surface area contributed by atoms with Crippen LogP contribution in [0.15, 0.2) is 4.79 Å². The van der Waals surface area contributed by atoms with Crippen molar-refractivity contribution < 1.29 is 9.90 Å². The third-order valence-corrected chi connectivity index (χ3v) is 3.52. The zero-order valence-electron chi connectivity index (χ0n) is 12.8. The molecule has 1 aromatic heterocycles. The van der Waals surface area contributed by atoms with Gasteiger partial charge in [0.2, 0.25) is 0 Å². The maximum absolute atomic E-state index is 12.0. The normalized spacial score (nSPS) is 11.1. The molecule has 0 fully saturated rings. The van der Waals surface area contributed by atoms with E-state index in [2.05, 4.69) is 18.8 Å². The zero-order chi connectivity index (χ0) is 15.3. The van der Waals surface area contributed by atoms with Gasteiger partial charge in [0.15, 0.2) is 0 Å². The van der Waals surface area contributed by atoms with Gasteiger partial charge in [-0.1, -0.05) is 13.8 Å². The minimum Gasteiger partial charge on any atom is -0.481 e. The second-order valence-corrected chi connectivity index (χ2v) is 5.63. The summed E-state index contributed by atoms with van der Waals surface area (Å²) in [5, 5.41) is 8.79. The van der Waals surface area contributed by atoms with Crippen LogP contribution in [-0.2, 0) is 17.8 Å². The van der Waals surface area contributed by atoms with Crippen LogP contribution in [0.1, 0.15) is 50.1 Å². The lowest BCUT2D eigenvalue weighted by atomic mass is 10.1. The first-order valence-electron chi connectivity index (χ1n) is 7.11. The Hall–Kier alpha value is -1.65. The maximum Gasteiger partial charge on any atom is 0.347 e. The standard InChI is InChI=1S/C15H24N2O3/c1-10(2)6-5-9-17-12(4)13(7-8-14(18)19)11(3)16-15(17)20/h10H,5-9H2,1-4H3,(H,18,19). The van der Waals surface area contributed by atoms with Crippen LogP contribution in [0.5, 0.6) is 0 Å². The van der Waals surface area contributed by atoms with E-state index in [4.69, 9.17) is 5.11 Å². The van der Waals surface area contributed by atoms with Gasteiger partial charge < -0.3 is 5.11 Å². The molecule has 0 spiro atoms. The fraction of sp³-hybridized carbons (Fsp3) is 0.667. The predicted molar refractivity (Wildman–Crippen MR) is 78.0 cm³/mol. The number of hydrogen-bond donors (Lipinski definition) is 1. The summed E-state index contributed by atoms with van der Waals surface area (Å²) in [7, 11) is 0. The summed E-state index contributed by atoms with van der Waals surface area (Å²) in [6.07, 6.45) is 2.48. The summed E-state index contributed by atoms with van der Waals surface area (Å²) in [6, 6.07) is 0. The lowest BCUT2D eigenvalue weighted by Gasteiger charge is -2.15. The molecule has 0 saturated heterocycles. The lowest BCUT2D eigenvalue weighted by Crippen LogP contribution is -2.28. The topological polar surface area (TPSA) is 72.2 Å². The van der Waals surface area contributed by atoms with Crippen LogP contribution in [0, 0.1) is 19.8 Å². The van der Waals surface area contributed by atoms with Gasteiger partial charge in [0.05, 0.1) is 0 Å². The van der Waals surface area contributed by atoms with Crippen LogP contribution in [0.3, 0.4) is 0 Å². The van der Waals surface area contributed by atoms with Crippen molar-refractivity contribution in [2.75, 3.05) is 0 Å². The van der Waals surface area contributed by atoms with Crippen LogP contribution < -0.4 is 5.69 Å². The molecule has 20 heavy (non-hydrogen) atoms. The Morgan fingerprint density at radius 1 is 1.35 bits per heavy atom. The molecule has 1 heterocycles. The largest absolute Gasteiger partial charge is 0.481 e. The van der Waals surface area contributed by atoms with Gasteiger partial charge in [-0.05, 0) is 44.6 Å². The highest BCUT2D eigenvalue weighted by Crippen LogP contribution is 2.13. The number of nitrogens with zero attached hydrogens (tertiary/aromatic N) is 2. The summed E-state index contributed by atoms with van der Waals surface area (Å²) in [5.41, 5.74) is 2.15. The number of aryl methyl sites for hydroxylation is 1. The monoisotopic (exact) mass is 280 g/mol. The Balaban J connectivity index is 2.96. The Kier molecular flexibility index (Phi) is 5.92. The van der Waals surface area contributed by atoms with E-state index in [1.54, 1.807) is 11.5 Å². The van der Waals surface area contributed by atoms with E-state index in [0.717, 1.165) is 24.1 Å². The van der Waals surface area contributed by atoms with Crippen LogP contribution in [0.2, 0.25) is 0 Å². The molecule has 5 heteroatoms. The van der Waals surface area contributed by atoms with Crippen LogP contribution in [0.25, 0.3) is 0 Å². The Morgan fingerprint density at radius 3 is 2.55 bits per heavy atom. The van der Waals surface area contributed by atoms with Gasteiger partial charge in [-0.25, -0.2) is 4.79 Å². The first-order chi connectivity index (χ1) is 9.32. The van der Waals surface area contributed by atoms with Crippen LogP contribution in [0.4, 0.5) is 0 Å². The molecule has 0 radical (unpaired) electrons. The van der Waals surface area contributed by atoms with E-state index in [1.165, 1.54) is 0 Å². The summed E-state index contributed by atoms with van der Waals surface area (Å²) in [4.78, 5) is 26.7. The van der Waals surface area contributed by atoms with Crippen molar-refractivity contribution in [3.05, 3.63) is 27.4 Å². The van der Waals surface area contributed by atoms with Crippen LogP contribution >= 0.6 is 0 Å². The quantitative estimate of drug-likeness (QED) is 0.832. The van der Waals surface area contributed by atoms with Crippen molar-refractivity contribution in [1.82, 2.24) is 9.55 Å². The highest BCUT2D eigenvalue weighted by molar-refractivity contribution is 5.67. The van der Waals surface area contributed by atoms with Gasteiger partial charge in [-0.2, -0.15) is 4.98 Å². The number of rotatable bonds is 7. The van der Waals surface area contributed by atoms with E-state index < -0.39 is 5.97 Å². The minimum atomic E-state index is -0.832. The minimum absolute atomic E-state index is 0.0631. The molecule has 1 rings (SSSR count). The Bertz CT molecular complexity index is 533. The van der Waals surface area contributed by atoms with Gasteiger partial charge in [0.1, 0.15) is 0 Å². The van der Waals surface area contributed by atoms with E-state index in [-0.39, 0.29) is 12.1 Å². The van der Waals surface area contributed by atoms with E-state index in [0.29, 0.717) is 24.6 Å². The van der Waals surface area contributed by atoms with E-state index >= 15 is 0 Å². The summed E-state index contributed by atoms with van der Waals surface area (Å²) < 4.78 is 1.67. The van der Waals surface area contributed by atoms with Crippen LogP contribution in [-0.4, -0.2) is 20.6 Å². The number of aliphatic carboxylic acids is 1. The molecule has 1 N–H and O–H groups in total. The van der Waals surface area contributed by atoms with Gasteiger partial charge in [0.25, 0.3) is 0 Å². The molecule has 0 aliphatic heterocycles. The molecular weight excluding hydrogens is 256 g/mol. The second-order valence-electron chi connectivity index (χ2n) is 5.63. The molecule has 0 aliphatic rings. The number of carbonyl (C=O) groups is 1. The molecule has 1 aromatic rings. The second kappa shape index (κ2) is 7.22. The number of carboxylic acids is 1. The fourth-order valence-electron chi connectivity index (χ4n) is 2.35. The summed E-state index contributed by atoms with van der Waals surface area (Å²) in [6.45, 7) is 8.60. The molecule has 5 nitrogen and oxygen atoms in total. The average Bonchev–Trinajstić information content (AvgIpc) is 2.32. The molecular formula is C15H24N2O3. The molecule has 0 bridgehead atoms. The molecule has 0 unspecified atom stereocenters. The van der Waals surface area contributed by atoms with E-state index in [9.17, 15) is 9.59 Å². The third kappa shape index (κ3) is 4.47. The molecule has 0 aromatic carbocycles. The average molecular weight is 280 g/mol. The third-order valence-electron chi connectivity index (χ3n) is 3.52. The zero-order valence-corrected chi connectivity index (χ0v) is 12.8. The van der Waals surface area contributed by atoms with Gasteiger partial charge in [0, 0.05) is 24.4 Å². The maximum atomic E-state index is 12.0. The highest BCUT2D eigenvalue weighted by Gasteiger charge is 2.12. The van der Waals surface area contributed by atoms with E-state index in [1.807, 2.05) is 6.92 Å². The van der Waals surface area contributed by atoms with Crippen molar-refractivity contribution in [2.45, 2.75) is 59.9 Å². The van der Waals surface area contributed by atoms with Gasteiger partial charge >= 0.3 is 11.7 Å². The Labute approximate surface area is 119 Å². The van der Waals surface area contributed by atoms with Crippen molar-refractivity contribution in [3.63, 3.8) is 0 Å². The summed E-state index contributed by atoms with van der Waals surface area (Å²) in [5.74, 6) is -0.225. The van der Waals surface area contributed by atoms with Gasteiger partial charge in [-0.15, -0.1) is 0 Å². The van der Waals surface area contributed by atoms with Crippen molar-refractivity contribution in [3.8, 4) is 0 Å². The molecule has 0 aliphatic carbocycles. The number of aromatic nitrogens is 2. The highest BCUT2D eigenvalue weighted by atomic mass is 16.4. The molecule has 0 atom stereocenters. The lowest BCUT2D eigenvalue weighted by molar-refractivity contribution is -0.136. The van der Waals surface area contributed by atoms with Crippen molar-refractivity contribution in [2.24, 2.45) is 5.92 Å². The van der Waals surface area contributed by atoms with Gasteiger partial charge in [-0.3, -0.25) is 9.36 Å². The first-order valence-corrected chi connectivity index (χ1v) is 7.11.